The number of hydrogen-bond acceptors (Lipinski definition) is 3. The highest BCUT2D eigenvalue weighted by Gasteiger charge is 2.16. The largest absolute Gasteiger partial charge is 0.496 e. The third kappa shape index (κ3) is 4.61. The first-order chi connectivity index (χ1) is 14.0. The molecular weight excluding hydrogens is 358 g/mol. The third-order valence-corrected chi connectivity index (χ3v) is 5.34. The van der Waals surface area contributed by atoms with Crippen LogP contribution in [0.5, 0.6) is 11.5 Å². The number of pyridine rings is 1. The number of benzene rings is 2. The molecule has 0 saturated heterocycles. The number of rotatable bonds is 7. The van der Waals surface area contributed by atoms with Crippen molar-refractivity contribution in [2.75, 3.05) is 7.11 Å². The molecular formula is C26H31NO2. The van der Waals surface area contributed by atoms with Crippen LogP contribution in [0.25, 0.3) is 11.3 Å². The van der Waals surface area contributed by atoms with Gasteiger partial charge >= 0.3 is 0 Å². The molecule has 0 aliphatic rings. The molecule has 0 radical (unpaired) electrons. The lowest BCUT2D eigenvalue weighted by Gasteiger charge is -2.18. The van der Waals surface area contributed by atoms with E-state index >= 15 is 0 Å². The first kappa shape index (κ1) is 20.9. The molecule has 3 heteroatoms. The lowest BCUT2D eigenvalue weighted by molar-refractivity contribution is 0.294. The van der Waals surface area contributed by atoms with Crippen molar-refractivity contribution < 1.29 is 9.47 Å². The van der Waals surface area contributed by atoms with Gasteiger partial charge in [0.1, 0.15) is 18.1 Å². The average molecular weight is 390 g/mol. The van der Waals surface area contributed by atoms with E-state index in [1.165, 1.54) is 27.8 Å². The van der Waals surface area contributed by atoms with Crippen LogP contribution in [0, 0.1) is 20.8 Å². The molecule has 0 aliphatic carbocycles. The molecule has 0 spiro atoms. The van der Waals surface area contributed by atoms with E-state index in [0.717, 1.165) is 41.3 Å². The van der Waals surface area contributed by atoms with Gasteiger partial charge in [0.2, 0.25) is 0 Å². The molecule has 1 heterocycles. The molecule has 0 unspecified atom stereocenters. The summed E-state index contributed by atoms with van der Waals surface area (Å²) in [4.78, 5) is 4.96. The van der Waals surface area contributed by atoms with Crippen molar-refractivity contribution in [2.45, 2.75) is 54.1 Å². The monoisotopic (exact) mass is 389 g/mol. The number of aromatic nitrogens is 1. The summed E-state index contributed by atoms with van der Waals surface area (Å²) < 4.78 is 11.8. The van der Waals surface area contributed by atoms with E-state index in [9.17, 15) is 0 Å². The summed E-state index contributed by atoms with van der Waals surface area (Å²) in [5.74, 6) is 1.70. The van der Waals surface area contributed by atoms with Crippen molar-refractivity contribution in [2.24, 2.45) is 0 Å². The van der Waals surface area contributed by atoms with Gasteiger partial charge in [0, 0.05) is 17.3 Å². The normalized spacial score (nSPS) is 10.8. The second-order valence-electron chi connectivity index (χ2n) is 7.54. The second kappa shape index (κ2) is 9.13. The lowest BCUT2D eigenvalue weighted by Crippen LogP contribution is -2.05. The Morgan fingerprint density at radius 1 is 0.862 bits per heavy atom. The van der Waals surface area contributed by atoms with Gasteiger partial charge in [-0.25, -0.2) is 0 Å². The summed E-state index contributed by atoms with van der Waals surface area (Å²) in [7, 11) is 1.71. The first-order valence-corrected chi connectivity index (χ1v) is 10.3. The molecule has 0 N–H and O–H groups in total. The molecule has 152 valence electrons. The maximum Gasteiger partial charge on any atom is 0.129 e. The summed E-state index contributed by atoms with van der Waals surface area (Å²) in [5, 5.41) is 0. The number of hydrogen-bond donors (Lipinski definition) is 0. The van der Waals surface area contributed by atoms with Gasteiger partial charge in [-0.15, -0.1) is 0 Å². The highest BCUT2D eigenvalue weighted by atomic mass is 16.5. The molecule has 3 aromatic rings. The van der Waals surface area contributed by atoms with Crippen LogP contribution < -0.4 is 9.47 Å². The molecule has 0 saturated carbocycles. The van der Waals surface area contributed by atoms with Gasteiger partial charge in [-0.1, -0.05) is 38.1 Å². The Kier molecular flexibility index (Phi) is 6.58. The number of aryl methyl sites for hydroxylation is 5. The zero-order valence-corrected chi connectivity index (χ0v) is 18.4. The van der Waals surface area contributed by atoms with Crippen molar-refractivity contribution in [3.63, 3.8) is 0 Å². The Bertz CT molecular complexity index is 965. The highest BCUT2D eigenvalue weighted by molar-refractivity contribution is 5.70. The Balaban J connectivity index is 1.99. The molecule has 0 fully saturated rings. The Labute approximate surface area is 174 Å². The molecule has 0 bridgehead atoms. The average Bonchev–Trinajstić information content (AvgIpc) is 2.70. The summed E-state index contributed by atoms with van der Waals surface area (Å²) >= 11 is 0. The maximum absolute atomic E-state index is 6.09. The van der Waals surface area contributed by atoms with Gasteiger partial charge in [-0.3, -0.25) is 4.98 Å². The maximum atomic E-state index is 6.09. The van der Waals surface area contributed by atoms with Crippen LogP contribution >= 0.6 is 0 Å². The van der Waals surface area contributed by atoms with Gasteiger partial charge in [0.15, 0.2) is 0 Å². The fourth-order valence-corrected chi connectivity index (χ4v) is 3.90. The van der Waals surface area contributed by atoms with E-state index in [1.807, 2.05) is 6.92 Å². The van der Waals surface area contributed by atoms with E-state index in [4.69, 9.17) is 14.5 Å². The minimum absolute atomic E-state index is 0.432. The van der Waals surface area contributed by atoms with E-state index in [1.54, 1.807) is 7.11 Å². The van der Waals surface area contributed by atoms with Crippen LogP contribution in [-0.4, -0.2) is 12.1 Å². The minimum Gasteiger partial charge on any atom is -0.496 e. The fourth-order valence-electron chi connectivity index (χ4n) is 3.90. The Morgan fingerprint density at radius 2 is 1.48 bits per heavy atom. The van der Waals surface area contributed by atoms with Gasteiger partial charge < -0.3 is 9.47 Å². The molecule has 3 nitrogen and oxygen atoms in total. The zero-order valence-electron chi connectivity index (χ0n) is 18.4. The summed E-state index contributed by atoms with van der Waals surface area (Å²) in [6, 6.07) is 14.8. The highest BCUT2D eigenvalue weighted by Crippen LogP contribution is 2.33. The van der Waals surface area contributed by atoms with Crippen LogP contribution in [0.1, 0.15) is 47.4 Å². The van der Waals surface area contributed by atoms with Crippen LogP contribution in [0.2, 0.25) is 0 Å². The van der Waals surface area contributed by atoms with Crippen LogP contribution in [0.3, 0.4) is 0 Å². The minimum atomic E-state index is 0.432. The molecule has 1 aromatic heterocycles. The SMILES string of the molecule is CCc1cccc(CC)c1-c1cc(OC)c(COc2cc(C)cc(C)c2)c(C)n1. The summed E-state index contributed by atoms with van der Waals surface area (Å²) in [6.45, 7) is 11.0. The number of methoxy groups -OCH3 is 1. The summed E-state index contributed by atoms with van der Waals surface area (Å²) in [5.41, 5.74) is 9.17. The smallest absolute Gasteiger partial charge is 0.129 e. The zero-order chi connectivity index (χ0) is 21.0. The first-order valence-electron chi connectivity index (χ1n) is 10.3. The molecule has 0 aliphatic heterocycles. The third-order valence-electron chi connectivity index (χ3n) is 5.34. The lowest BCUT2D eigenvalue weighted by atomic mass is 9.94. The Hall–Kier alpha value is -2.81. The molecule has 3 rings (SSSR count). The second-order valence-corrected chi connectivity index (χ2v) is 7.54. The van der Waals surface area contributed by atoms with Crippen LogP contribution in [0.4, 0.5) is 0 Å². The van der Waals surface area contributed by atoms with Gasteiger partial charge in [-0.05, 0) is 68.0 Å². The van der Waals surface area contributed by atoms with Crippen molar-refractivity contribution in [3.8, 4) is 22.8 Å². The molecule has 2 aromatic carbocycles. The number of ether oxygens (including phenoxy) is 2. The standard InChI is InChI=1S/C26H31NO2/c1-7-20-10-9-11-21(8-2)26(20)24-15-25(28-6)23(19(5)27-24)16-29-22-13-17(3)12-18(4)14-22/h9-15H,7-8,16H2,1-6H3. The van der Waals surface area contributed by atoms with Gasteiger partial charge in [0.25, 0.3) is 0 Å². The fraction of sp³-hybridized carbons (Fsp3) is 0.346. The van der Waals surface area contributed by atoms with Crippen molar-refractivity contribution in [1.29, 1.82) is 0 Å². The van der Waals surface area contributed by atoms with Crippen LogP contribution in [0.15, 0.2) is 42.5 Å². The van der Waals surface area contributed by atoms with Crippen molar-refractivity contribution >= 4 is 0 Å². The van der Waals surface area contributed by atoms with E-state index in [0.29, 0.717) is 6.61 Å². The van der Waals surface area contributed by atoms with Gasteiger partial charge in [0.05, 0.1) is 18.4 Å². The predicted molar refractivity (Wildman–Crippen MR) is 120 cm³/mol. The van der Waals surface area contributed by atoms with E-state index in [-0.39, 0.29) is 0 Å². The predicted octanol–water partition coefficient (Wildman–Crippen LogP) is 6.39. The molecule has 0 amide bonds. The number of nitrogens with zero attached hydrogens (tertiary/aromatic N) is 1. The summed E-state index contributed by atoms with van der Waals surface area (Å²) in [6.07, 6.45) is 1.95. The quantitative estimate of drug-likeness (QED) is 0.469. The topological polar surface area (TPSA) is 31.4 Å². The molecule has 0 atom stereocenters. The van der Waals surface area contributed by atoms with E-state index < -0.39 is 0 Å². The Morgan fingerprint density at radius 3 is 2.03 bits per heavy atom. The van der Waals surface area contributed by atoms with E-state index in [2.05, 4.69) is 70.2 Å². The van der Waals surface area contributed by atoms with Crippen molar-refractivity contribution in [3.05, 3.63) is 76.0 Å². The van der Waals surface area contributed by atoms with Crippen molar-refractivity contribution in [1.82, 2.24) is 4.98 Å². The molecule has 29 heavy (non-hydrogen) atoms. The van der Waals surface area contributed by atoms with Crippen LogP contribution in [-0.2, 0) is 19.4 Å². The van der Waals surface area contributed by atoms with Gasteiger partial charge in [-0.2, -0.15) is 0 Å².